The number of benzene rings is 1. The van der Waals surface area contributed by atoms with Gasteiger partial charge in [-0.1, -0.05) is 18.2 Å². The summed E-state index contributed by atoms with van der Waals surface area (Å²) in [6, 6.07) is 3.30. The lowest BCUT2D eigenvalue weighted by molar-refractivity contribution is 0.209. The molecule has 1 aliphatic heterocycles. The SMILES string of the molecule is C=C(N)/N=C1/CN(C(=O)NC(C)C)C/C1=C(/N)c1cc(OCC)c(Br)cc1Cl. The lowest BCUT2D eigenvalue weighted by atomic mass is 10.0. The van der Waals surface area contributed by atoms with E-state index in [1.165, 1.54) is 0 Å². The molecule has 1 fully saturated rings. The minimum absolute atomic E-state index is 0.0115. The number of rotatable bonds is 5. The van der Waals surface area contributed by atoms with Crippen LogP contribution in [0.4, 0.5) is 4.79 Å². The molecular formula is C19H25BrClN5O2. The molecule has 1 saturated heterocycles. The predicted molar refractivity (Wildman–Crippen MR) is 117 cm³/mol. The van der Waals surface area contributed by atoms with E-state index in [4.69, 9.17) is 27.8 Å². The van der Waals surface area contributed by atoms with Gasteiger partial charge in [0.05, 0.1) is 34.9 Å². The predicted octanol–water partition coefficient (Wildman–Crippen LogP) is 3.48. The first kappa shape index (κ1) is 22.1. The molecule has 7 nitrogen and oxygen atoms in total. The van der Waals surface area contributed by atoms with Crippen molar-refractivity contribution in [1.29, 1.82) is 0 Å². The summed E-state index contributed by atoms with van der Waals surface area (Å²) in [6.45, 7) is 10.4. The van der Waals surface area contributed by atoms with Crippen molar-refractivity contribution in [2.45, 2.75) is 26.8 Å². The molecule has 5 N–H and O–H groups in total. The summed E-state index contributed by atoms with van der Waals surface area (Å²) in [4.78, 5) is 18.3. The monoisotopic (exact) mass is 469 g/mol. The summed E-state index contributed by atoms with van der Waals surface area (Å²) < 4.78 is 6.35. The van der Waals surface area contributed by atoms with E-state index in [0.29, 0.717) is 39.9 Å². The number of likely N-dealkylation sites (tertiary alicyclic amines) is 1. The Balaban J connectivity index is 2.51. The van der Waals surface area contributed by atoms with Gasteiger partial charge in [-0.3, -0.25) is 0 Å². The molecule has 2 amide bonds. The highest BCUT2D eigenvalue weighted by molar-refractivity contribution is 9.10. The van der Waals surface area contributed by atoms with E-state index >= 15 is 0 Å². The van der Waals surface area contributed by atoms with Crippen molar-refractivity contribution in [2.24, 2.45) is 16.5 Å². The van der Waals surface area contributed by atoms with E-state index in [9.17, 15) is 4.79 Å². The minimum atomic E-state index is -0.204. The van der Waals surface area contributed by atoms with Crippen LogP contribution < -0.4 is 21.5 Å². The second-order valence-electron chi connectivity index (χ2n) is 6.60. The highest BCUT2D eigenvalue weighted by Crippen LogP contribution is 2.35. The molecule has 0 atom stereocenters. The lowest BCUT2D eigenvalue weighted by Crippen LogP contribution is -2.41. The van der Waals surface area contributed by atoms with Gasteiger partial charge in [-0.05, 0) is 48.8 Å². The Morgan fingerprint density at radius 1 is 1.43 bits per heavy atom. The summed E-state index contributed by atoms with van der Waals surface area (Å²) in [5, 5.41) is 3.32. The zero-order valence-electron chi connectivity index (χ0n) is 16.2. The average Bonchev–Trinajstić information content (AvgIpc) is 2.99. The summed E-state index contributed by atoms with van der Waals surface area (Å²) >= 11 is 9.85. The van der Waals surface area contributed by atoms with Gasteiger partial charge in [-0.15, -0.1) is 0 Å². The van der Waals surface area contributed by atoms with Gasteiger partial charge in [0.2, 0.25) is 0 Å². The van der Waals surface area contributed by atoms with Gasteiger partial charge in [0.15, 0.2) is 0 Å². The first-order valence-electron chi connectivity index (χ1n) is 8.82. The number of nitrogens with two attached hydrogens (primary N) is 2. The summed E-state index contributed by atoms with van der Waals surface area (Å²) in [7, 11) is 0. The average molecular weight is 471 g/mol. The van der Waals surface area contributed by atoms with Gasteiger partial charge in [0, 0.05) is 22.9 Å². The standard InChI is InChI=1S/C19H25BrClN5O2/c1-5-28-17-6-12(15(21)7-14(17)20)18(23)13-8-26(19(27)24-10(2)3)9-16(13)25-11(4)22/h6-7,10H,4-5,8-9,22-23H2,1-3H3,(H,24,27)/b18-13-,25-16-. The third-order valence-corrected chi connectivity index (χ3v) is 4.88. The number of hydrogen-bond acceptors (Lipinski definition) is 5. The third kappa shape index (κ3) is 5.20. The maximum absolute atomic E-state index is 12.4. The van der Waals surface area contributed by atoms with Crippen molar-refractivity contribution in [3.8, 4) is 5.75 Å². The van der Waals surface area contributed by atoms with Crippen molar-refractivity contribution in [3.63, 3.8) is 0 Å². The molecule has 2 rings (SSSR count). The van der Waals surface area contributed by atoms with Crippen LogP contribution in [0.25, 0.3) is 5.70 Å². The topological polar surface area (TPSA) is 106 Å². The van der Waals surface area contributed by atoms with E-state index in [1.54, 1.807) is 17.0 Å². The van der Waals surface area contributed by atoms with Crippen molar-refractivity contribution in [1.82, 2.24) is 10.2 Å². The number of carbonyl (C=O) groups excluding carboxylic acids is 1. The van der Waals surface area contributed by atoms with Crippen LogP contribution in [0.2, 0.25) is 5.02 Å². The Hall–Kier alpha value is -2.19. The Bertz CT molecular complexity index is 851. The van der Waals surface area contributed by atoms with E-state index < -0.39 is 0 Å². The molecule has 0 saturated carbocycles. The Morgan fingerprint density at radius 2 is 2.11 bits per heavy atom. The minimum Gasteiger partial charge on any atom is -0.493 e. The van der Waals surface area contributed by atoms with Crippen LogP contribution in [0, 0.1) is 0 Å². The summed E-state index contributed by atoms with van der Waals surface area (Å²) in [6.07, 6.45) is 0. The summed E-state index contributed by atoms with van der Waals surface area (Å²) in [5.41, 5.74) is 14.4. The van der Waals surface area contributed by atoms with E-state index in [-0.39, 0.29) is 31.0 Å². The second-order valence-corrected chi connectivity index (χ2v) is 7.86. The van der Waals surface area contributed by atoms with Gasteiger partial charge in [0.1, 0.15) is 11.6 Å². The molecule has 1 aromatic rings. The van der Waals surface area contributed by atoms with Crippen molar-refractivity contribution in [2.75, 3.05) is 19.7 Å². The largest absolute Gasteiger partial charge is 0.493 e. The first-order valence-corrected chi connectivity index (χ1v) is 9.99. The van der Waals surface area contributed by atoms with E-state index in [1.807, 2.05) is 20.8 Å². The van der Waals surface area contributed by atoms with Crippen LogP contribution in [0.5, 0.6) is 5.75 Å². The number of nitrogens with one attached hydrogen (secondary N) is 1. The molecule has 9 heteroatoms. The van der Waals surface area contributed by atoms with Crippen molar-refractivity contribution in [3.05, 3.63) is 45.2 Å². The van der Waals surface area contributed by atoms with Crippen LogP contribution in [0.15, 0.2) is 39.6 Å². The smallest absolute Gasteiger partial charge is 0.318 e. The van der Waals surface area contributed by atoms with Gasteiger partial charge < -0.3 is 26.4 Å². The number of aliphatic imine (C=N–C) groups is 1. The molecule has 0 bridgehead atoms. The van der Waals surface area contributed by atoms with Crippen molar-refractivity contribution < 1.29 is 9.53 Å². The van der Waals surface area contributed by atoms with E-state index in [0.717, 1.165) is 4.47 Å². The molecule has 0 unspecified atom stereocenters. The van der Waals surface area contributed by atoms with Crippen LogP contribution >= 0.6 is 27.5 Å². The highest BCUT2D eigenvalue weighted by Gasteiger charge is 2.30. The number of nitrogens with zero attached hydrogens (tertiary/aromatic N) is 2. The first-order chi connectivity index (χ1) is 13.1. The quantitative estimate of drug-likeness (QED) is 0.612. The molecule has 0 spiro atoms. The molecule has 0 radical (unpaired) electrons. The number of ether oxygens (including phenoxy) is 1. The maximum Gasteiger partial charge on any atom is 0.318 e. The molecular weight excluding hydrogens is 446 g/mol. The second kappa shape index (κ2) is 9.34. The number of amides is 2. The fourth-order valence-corrected chi connectivity index (χ4v) is 3.63. The maximum atomic E-state index is 12.4. The number of hydrogen-bond donors (Lipinski definition) is 3. The fourth-order valence-electron chi connectivity index (χ4n) is 2.78. The zero-order valence-corrected chi connectivity index (χ0v) is 18.5. The number of urea groups is 1. The Kier molecular flexibility index (Phi) is 7.37. The lowest BCUT2D eigenvalue weighted by Gasteiger charge is -2.17. The molecule has 0 aromatic heterocycles. The Morgan fingerprint density at radius 3 is 2.68 bits per heavy atom. The molecule has 1 aliphatic rings. The van der Waals surface area contributed by atoms with Crippen LogP contribution in [-0.2, 0) is 0 Å². The van der Waals surface area contributed by atoms with Crippen LogP contribution in [-0.4, -0.2) is 42.4 Å². The van der Waals surface area contributed by atoms with Crippen LogP contribution in [0.3, 0.4) is 0 Å². The third-order valence-electron chi connectivity index (χ3n) is 3.95. The van der Waals surface area contributed by atoms with Gasteiger partial charge in [-0.2, -0.15) is 0 Å². The molecule has 1 heterocycles. The molecule has 0 aliphatic carbocycles. The van der Waals surface area contributed by atoms with Gasteiger partial charge in [0.25, 0.3) is 0 Å². The van der Waals surface area contributed by atoms with Gasteiger partial charge in [-0.25, -0.2) is 9.79 Å². The van der Waals surface area contributed by atoms with Crippen LogP contribution in [0.1, 0.15) is 26.3 Å². The van der Waals surface area contributed by atoms with Crippen molar-refractivity contribution >= 4 is 45.0 Å². The number of carbonyl (C=O) groups is 1. The zero-order chi connectivity index (χ0) is 21.0. The number of halogens is 2. The normalized spacial score (nSPS) is 17.2. The fraction of sp³-hybridized carbons (Fsp3) is 0.368. The Labute approximate surface area is 178 Å². The van der Waals surface area contributed by atoms with E-state index in [2.05, 4.69) is 32.8 Å². The summed E-state index contributed by atoms with van der Waals surface area (Å²) in [5.74, 6) is 0.767. The molecule has 152 valence electrons. The molecule has 28 heavy (non-hydrogen) atoms. The molecule has 1 aromatic carbocycles. The van der Waals surface area contributed by atoms with Gasteiger partial charge >= 0.3 is 6.03 Å². The highest BCUT2D eigenvalue weighted by atomic mass is 79.9.